The van der Waals surface area contributed by atoms with Crippen LogP contribution < -0.4 is 5.32 Å². The van der Waals surface area contributed by atoms with E-state index < -0.39 is 5.60 Å². The molecule has 0 saturated carbocycles. The summed E-state index contributed by atoms with van der Waals surface area (Å²) in [7, 11) is 1.75. The molecule has 7 heteroatoms. The zero-order valence-electron chi connectivity index (χ0n) is 12.8. The standard InChI is InChI=1S/C16H17FN4O2/c1-16(23,11-7-19-21(2)8-11)9-18-15(22)14-6-10-5-12(17)3-4-13(10)20-14/h3-8,20,23H,9H2,1-2H3,(H,18,22). The highest BCUT2D eigenvalue weighted by atomic mass is 19.1. The van der Waals surface area contributed by atoms with Gasteiger partial charge in [-0.15, -0.1) is 0 Å². The monoisotopic (exact) mass is 316 g/mol. The van der Waals surface area contributed by atoms with Crippen LogP contribution in [0.5, 0.6) is 0 Å². The van der Waals surface area contributed by atoms with Gasteiger partial charge >= 0.3 is 0 Å². The quantitative estimate of drug-likeness (QED) is 0.685. The van der Waals surface area contributed by atoms with Crippen molar-refractivity contribution in [1.29, 1.82) is 0 Å². The van der Waals surface area contributed by atoms with Crippen LogP contribution in [0.2, 0.25) is 0 Å². The fourth-order valence-electron chi connectivity index (χ4n) is 2.37. The number of carbonyl (C=O) groups is 1. The van der Waals surface area contributed by atoms with Gasteiger partial charge in [-0.2, -0.15) is 5.10 Å². The van der Waals surface area contributed by atoms with Gasteiger partial charge in [-0.3, -0.25) is 9.48 Å². The number of hydrogen-bond acceptors (Lipinski definition) is 3. The molecule has 3 rings (SSSR count). The van der Waals surface area contributed by atoms with E-state index in [1.807, 2.05) is 0 Å². The maximum Gasteiger partial charge on any atom is 0.267 e. The van der Waals surface area contributed by atoms with E-state index in [1.54, 1.807) is 43.2 Å². The number of aryl methyl sites for hydroxylation is 1. The number of nitrogens with one attached hydrogen (secondary N) is 2. The summed E-state index contributed by atoms with van der Waals surface area (Å²) in [5.74, 6) is -0.728. The van der Waals surface area contributed by atoms with Crippen LogP contribution in [0.3, 0.4) is 0 Å². The highest BCUT2D eigenvalue weighted by Crippen LogP contribution is 2.20. The summed E-state index contributed by atoms with van der Waals surface area (Å²) in [6, 6.07) is 5.84. The minimum Gasteiger partial charge on any atom is -0.383 e. The first-order valence-corrected chi connectivity index (χ1v) is 7.13. The zero-order valence-corrected chi connectivity index (χ0v) is 12.8. The van der Waals surface area contributed by atoms with E-state index in [0.717, 1.165) is 0 Å². The van der Waals surface area contributed by atoms with E-state index >= 15 is 0 Å². The molecule has 0 aliphatic heterocycles. The molecule has 1 amide bonds. The maximum atomic E-state index is 13.2. The van der Waals surface area contributed by atoms with Crippen molar-refractivity contribution in [2.75, 3.05) is 6.54 Å². The Labute approximate surface area is 131 Å². The van der Waals surface area contributed by atoms with Gasteiger partial charge in [-0.05, 0) is 31.2 Å². The summed E-state index contributed by atoms with van der Waals surface area (Å²) >= 11 is 0. The molecule has 1 unspecified atom stereocenters. The second-order valence-electron chi connectivity index (χ2n) is 5.77. The van der Waals surface area contributed by atoms with E-state index in [4.69, 9.17) is 0 Å². The maximum absolute atomic E-state index is 13.2. The summed E-state index contributed by atoms with van der Waals surface area (Å²) in [6.07, 6.45) is 3.25. The average Bonchev–Trinajstić information content (AvgIpc) is 3.11. The molecule has 1 atom stereocenters. The topological polar surface area (TPSA) is 82.9 Å². The third-order valence-corrected chi connectivity index (χ3v) is 3.75. The smallest absolute Gasteiger partial charge is 0.267 e. The summed E-state index contributed by atoms with van der Waals surface area (Å²) < 4.78 is 14.8. The Balaban J connectivity index is 1.73. The molecule has 2 aromatic heterocycles. The minimum absolute atomic E-state index is 0.0290. The number of carbonyl (C=O) groups excluding carboxylic acids is 1. The molecule has 6 nitrogen and oxygen atoms in total. The molecule has 0 spiro atoms. The van der Waals surface area contributed by atoms with Crippen LogP contribution in [0.4, 0.5) is 4.39 Å². The molecule has 120 valence electrons. The Bertz CT molecular complexity index is 866. The number of hydrogen-bond donors (Lipinski definition) is 3. The lowest BCUT2D eigenvalue weighted by molar-refractivity contribution is 0.0524. The number of halogens is 1. The molecule has 0 saturated heterocycles. The molecule has 0 bridgehead atoms. The summed E-state index contributed by atoms with van der Waals surface area (Å²) in [5, 5.41) is 17.7. The Morgan fingerprint density at radius 3 is 2.96 bits per heavy atom. The van der Waals surface area contributed by atoms with Crippen molar-refractivity contribution in [2.45, 2.75) is 12.5 Å². The molecule has 0 aliphatic carbocycles. The summed E-state index contributed by atoms with van der Waals surface area (Å²) in [5.41, 5.74) is 0.365. The van der Waals surface area contributed by atoms with E-state index in [1.165, 1.54) is 12.1 Å². The molecule has 3 N–H and O–H groups in total. The first-order chi connectivity index (χ1) is 10.8. The van der Waals surface area contributed by atoms with Crippen LogP contribution in [-0.4, -0.2) is 32.3 Å². The molecule has 0 radical (unpaired) electrons. The predicted octanol–water partition coefficient (Wildman–Crippen LogP) is 1.68. The molecule has 2 heterocycles. The van der Waals surface area contributed by atoms with Crippen molar-refractivity contribution in [3.63, 3.8) is 0 Å². The lowest BCUT2D eigenvalue weighted by Crippen LogP contribution is -2.38. The van der Waals surface area contributed by atoms with Crippen LogP contribution >= 0.6 is 0 Å². The number of aromatic nitrogens is 3. The van der Waals surface area contributed by atoms with Gasteiger partial charge in [0.1, 0.15) is 17.1 Å². The fourth-order valence-corrected chi connectivity index (χ4v) is 2.37. The van der Waals surface area contributed by atoms with Gasteiger partial charge in [0, 0.05) is 29.7 Å². The molecule has 1 aromatic carbocycles. The van der Waals surface area contributed by atoms with E-state index in [2.05, 4.69) is 15.4 Å². The van der Waals surface area contributed by atoms with Crippen molar-refractivity contribution in [3.05, 3.63) is 53.7 Å². The summed E-state index contributed by atoms with van der Waals surface area (Å²) in [4.78, 5) is 15.1. The van der Waals surface area contributed by atoms with Crippen molar-refractivity contribution < 1.29 is 14.3 Å². The number of amides is 1. The van der Waals surface area contributed by atoms with Crippen LogP contribution in [-0.2, 0) is 12.6 Å². The van der Waals surface area contributed by atoms with Gasteiger partial charge in [-0.25, -0.2) is 4.39 Å². The number of benzene rings is 1. The van der Waals surface area contributed by atoms with E-state index in [0.29, 0.717) is 22.2 Å². The number of nitrogens with zero attached hydrogens (tertiary/aromatic N) is 2. The van der Waals surface area contributed by atoms with Gasteiger partial charge in [0.2, 0.25) is 0 Å². The number of rotatable bonds is 4. The molecule has 23 heavy (non-hydrogen) atoms. The predicted molar refractivity (Wildman–Crippen MR) is 83.4 cm³/mol. The highest BCUT2D eigenvalue weighted by molar-refractivity contribution is 5.98. The Morgan fingerprint density at radius 2 is 2.26 bits per heavy atom. The van der Waals surface area contributed by atoms with Crippen LogP contribution in [0.15, 0.2) is 36.7 Å². The lowest BCUT2D eigenvalue weighted by Gasteiger charge is -2.22. The third-order valence-electron chi connectivity index (χ3n) is 3.75. The van der Waals surface area contributed by atoms with Gasteiger partial charge < -0.3 is 15.4 Å². The van der Waals surface area contributed by atoms with Crippen molar-refractivity contribution >= 4 is 16.8 Å². The van der Waals surface area contributed by atoms with E-state index in [-0.39, 0.29) is 18.3 Å². The van der Waals surface area contributed by atoms with Gasteiger partial charge in [0.25, 0.3) is 5.91 Å². The average molecular weight is 316 g/mol. The fraction of sp³-hybridized carbons (Fsp3) is 0.250. The molecular weight excluding hydrogens is 299 g/mol. The largest absolute Gasteiger partial charge is 0.383 e. The number of H-pyrrole nitrogens is 1. The normalized spacial score (nSPS) is 13.9. The van der Waals surface area contributed by atoms with Gasteiger partial charge in [0.05, 0.1) is 12.7 Å². The highest BCUT2D eigenvalue weighted by Gasteiger charge is 2.25. The van der Waals surface area contributed by atoms with Crippen LogP contribution in [0.1, 0.15) is 23.0 Å². The van der Waals surface area contributed by atoms with Crippen LogP contribution in [0.25, 0.3) is 10.9 Å². The molecule has 0 aliphatic rings. The number of aromatic amines is 1. The van der Waals surface area contributed by atoms with E-state index in [9.17, 15) is 14.3 Å². The Hall–Kier alpha value is -2.67. The third kappa shape index (κ3) is 3.09. The second-order valence-corrected chi connectivity index (χ2v) is 5.77. The minimum atomic E-state index is -1.23. The zero-order chi connectivity index (χ0) is 16.6. The van der Waals surface area contributed by atoms with Crippen molar-refractivity contribution in [2.24, 2.45) is 7.05 Å². The Morgan fingerprint density at radius 1 is 1.48 bits per heavy atom. The van der Waals surface area contributed by atoms with Crippen molar-refractivity contribution in [3.8, 4) is 0 Å². The first-order valence-electron chi connectivity index (χ1n) is 7.13. The first kappa shape index (κ1) is 15.2. The lowest BCUT2D eigenvalue weighted by atomic mass is 10.00. The van der Waals surface area contributed by atoms with Gasteiger partial charge in [-0.1, -0.05) is 0 Å². The molecule has 3 aromatic rings. The SMILES string of the molecule is Cn1cc(C(C)(O)CNC(=O)c2cc3cc(F)ccc3[nH]2)cn1. The number of fused-ring (bicyclic) bond motifs is 1. The Kier molecular flexibility index (Phi) is 3.65. The second kappa shape index (κ2) is 5.51. The summed E-state index contributed by atoms with van der Waals surface area (Å²) in [6.45, 7) is 1.63. The van der Waals surface area contributed by atoms with Gasteiger partial charge in [0.15, 0.2) is 0 Å². The van der Waals surface area contributed by atoms with Crippen LogP contribution in [0, 0.1) is 5.82 Å². The molecule has 0 fully saturated rings. The van der Waals surface area contributed by atoms with Crippen molar-refractivity contribution in [1.82, 2.24) is 20.1 Å². The molecular formula is C16H17FN4O2. The number of aliphatic hydroxyl groups is 1.